The third-order valence-electron chi connectivity index (χ3n) is 5.63. The van der Waals surface area contributed by atoms with Crippen LogP contribution in [-0.4, -0.2) is 63.3 Å². The summed E-state index contributed by atoms with van der Waals surface area (Å²) in [6.07, 6.45) is 7.90. The fourth-order valence-corrected chi connectivity index (χ4v) is 4.77. The average molecular weight is 250 g/mol. The SMILES string of the molecule is C[N+](C)(C)CCC[N+]1(C)C[C@@H]2[C@@H](C1)[C@H]1C=C[C@H]2C1. The predicted octanol–water partition coefficient (Wildman–Crippen LogP) is 1.98. The number of hydrogen-bond acceptors (Lipinski definition) is 0. The Morgan fingerprint density at radius 2 is 1.61 bits per heavy atom. The van der Waals surface area contributed by atoms with Crippen molar-refractivity contribution in [3.63, 3.8) is 0 Å². The zero-order chi connectivity index (χ0) is 13.0. The summed E-state index contributed by atoms with van der Waals surface area (Å²) < 4.78 is 2.46. The van der Waals surface area contributed by atoms with Crippen LogP contribution in [-0.2, 0) is 0 Å². The Morgan fingerprint density at radius 1 is 1.06 bits per heavy atom. The number of nitrogens with zero attached hydrogens (tertiary/aromatic N) is 2. The lowest BCUT2D eigenvalue weighted by Gasteiger charge is -2.33. The van der Waals surface area contributed by atoms with Crippen LogP contribution in [0.2, 0.25) is 0 Å². The van der Waals surface area contributed by atoms with Gasteiger partial charge in [-0.05, 0) is 18.3 Å². The first-order chi connectivity index (χ1) is 8.36. The molecule has 0 amide bonds. The third kappa shape index (κ3) is 2.25. The van der Waals surface area contributed by atoms with E-state index in [9.17, 15) is 0 Å². The highest BCUT2D eigenvalue weighted by molar-refractivity contribution is 5.14. The van der Waals surface area contributed by atoms with Crippen LogP contribution < -0.4 is 0 Å². The molecule has 3 rings (SSSR count). The first kappa shape index (κ1) is 12.7. The molecular weight excluding hydrogens is 220 g/mol. The van der Waals surface area contributed by atoms with Crippen molar-refractivity contribution in [2.24, 2.45) is 23.7 Å². The van der Waals surface area contributed by atoms with E-state index in [-0.39, 0.29) is 0 Å². The molecule has 1 saturated heterocycles. The van der Waals surface area contributed by atoms with E-state index in [1.54, 1.807) is 0 Å². The highest BCUT2D eigenvalue weighted by atomic mass is 15.4. The van der Waals surface area contributed by atoms with Crippen LogP contribution in [0.3, 0.4) is 0 Å². The second-order valence-electron chi connectivity index (χ2n) is 8.35. The maximum Gasteiger partial charge on any atom is 0.0839 e. The van der Waals surface area contributed by atoms with Gasteiger partial charge in [-0.25, -0.2) is 0 Å². The Morgan fingerprint density at radius 3 is 2.11 bits per heavy atom. The van der Waals surface area contributed by atoms with Gasteiger partial charge in [0, 0.05) is 18.3 Å². The fourth-order valence-electron chi connectivity index (χ4n) is 4.77. The van der Waals surface area contributed by atoms with Gasteiger partial charge in [0.15, 0.2) is 0 Å². The van der Waals surface area contributed by atoms with Gasteiger partial charge in [-0.1, -0.05) is 12.2 Å². The summed E-state index contributed by atoms with van der Waals surface area (Å²) in [6, 6.07) is 0. The summed E-state index contributed by atoms with van der Waals surface area (Å²) >= 11 is 0. The van der Waals surface area contributed by atoms with Crippen molar-refractivity contribution in [2.75, 3.05) is 54.4 Å². The van der Waals surface area contributed by atoms with Gasteiger partial charge in [0.1, 0.15) is 0 Å². The number of rotatable bonds is 4. The molecule has 2 nitrogen and oxygen atoms in total. The highest BCUT2D eigenvalue weighted by Gasteiger charge is 2.54. The number of fused-ring (bicyclic) bond motifs is 5. The second kappa shape index (κ2) is 4.08. The van der Waals surface area contributed by atoms with Crippen LogP contribution in [0.4, 0.5) is 0 Å². The Hall–Kier alpha value is -0.340. The van der Waals surface area contributed by atoms with E-state index in [0.717, 1.165) is 28.2 Å². The number of quaternary nitrogens is 2. The maximum atomic E-state index is 2.52. The second-order valence-corrected chi connectivity index (χ2v) is 8.35. The summed E-state index contributed by atoms with van der Waals surface area (Å²) in [5.74, 6) is 3.93. The van der Waals surface area contributed by atoms with Gasteiger partial charge >= 0.3 is 0 Å². The molecule has 1 saturated carbocycles. The molecule has 2 aliphatic carbocycles. The zero-order valence-corrected chi connectivity index (χ0v) is 12.6. The minimum Gasteiger partial charge on any atom is -0.331 e. The number of hydrogen-bond donors (Lipinski definition) is 0. The minimum atomic E-state index is 0.943. The standard InChI is InChI=1S/C16H30N2/c1-17(2,3)8-5-9-18(4)11-15-13-6-7-14(10-13)16(15)12-18/h6-7,13-16H,5,8-12H2,1-4H3/q+2/t13-,14-,15-,16-/m0/s1. The van der Waals surface area contributed by atoms with Crippen molar-refractivity contribution in [3.05, 3.63) is 12.2 Å². The molecule has 3 aliphatic rings. The first-order valence-electron chi connectivity index (χ1n) is 7.69. The van der Waals surface area contributed by atoms with E-state index in [4.69, 9.17) is 0 Å². The number of allylic oxidation sites excluding steroid dienone is 2. The molecule has 2 fully saturated rings. The molecule has 0 aromatic heterocycles. The third-order valence-corrected chi connectivity index (χ3v) is 5.63. The monoisotopic (exact) mass is 250 g/mol. The van der Waals surface area contributed by atoms with E-state index in [1.807, 2.05) is 0 Å². The summed E-state index contributed by atoms with van der Waals surface area (Å²) in [5, 5.41) is 0. The molecule has 1 aliphatic heterocycles. The Bertz CT molecular complexity index is 333. The molecule has 2 bridgehead atoms. The predicted molar refractivity (Wildman–Crippen MR) is 76.0 cm³/mol. The lowest BCUT2D eigenvalue weighted by atomic mass is 9.86. The average Bonchev–Trinajstić information content (AvgIpc) is 2.85. The van der Waals surface area contributed by atoms with Crippen molar-refractivity contribution in [3.8, 4) is 0 Å². The van der Waals surface area contributed by atoms with Gasteiger partial charge in [-0.15, -0.1) is 0 Å². The van der Waals surface area contributed by atoms with Crippen molar-refractivity contribution in [2.45, 2.75) is 12.8 Å². The van der Waals surface area contributed by atoms with Crippen LogP contribution >= 0.6 is 0 Å². The molecule has 0 unspecified atom stereocenters. The van der Waals surface area contributed by atoms with E-state index in [1.165, 1.54) is 43.5 Å². The van der Waals surface area contributed by atoms with Crippen molar-refractivity contribution in [1.29, 1.82) is 0 Å². The van der Waals surface area contributed by atoms with Crippen molar-refractivity contribution < 1.29 is 8.97 Å². The summed E-state index contributed by atoms with van der Waals surface area (Å²) in [7, 11) is 9.43. The molecule has 0 spiro atoms. The van der Waals surface area contributed by atoms with E-state index >= 15 is 0 Å². The van der Waals surface area contributed by atoms with Crippen LogP contribution in [0.25, 0.3) is 0 Å². The number of likely N-dealkylation sites (tertiary alicyclic amines) is 1. The maximum absolute atomic E-state index is 2.52. The highest BCUT2D eigenvalue weighted by Crippen LogP contribution is 2.52. The van der Waals surface area contributed by atoms with Crippen LogP contribution in [0.1, 0.15) is 12.8 Å². The summed E-state index contributed by atoms with van der Waals surface area (Å²) in [5.41, 5.74) is 0. The molecule has 0 aromatic carbocycles. The molecule has 1 heterocycles. The Kier molecular flexibility index (Phi) is 2.87. The molecule has 102 valence electrons. The Labute approximate surface area is 112 Å². The van der Waals surface area contributed by atoms with E-state index in [0.29, 0.717) is 0 Å². The summed E-state index contributed by atoms with van der Waals surface area (Å²) in [6.45, 7) is 5.61. The van der Waals surface area contributed by atoms with Crippen LogP contribution in [0.5, 0.6) is 0 Å². The van der Waals surface area contributed by atoms with Gasteiger partial charge in [-0.3, -0.25) is 0 Å². The minimum absolute atomic E-state index is 0.943. The van der Waals surface area contributed by atoms with Gasteiger partial charge in [0.2, 0.25) is 0 Å². The van der Waals surface area contributed by atoms with Gasteiger partial charge in [-0.2, -0.15) is 0 Å². The molecule has 2 heteroatoms. The van der Waals surface area contributed by atoms with Crippen molar-refractivity contribution in [1.82, 2.24) is 0 Å². The van der Waals surface area contributed by atoms with E-state index < -0.39 is 0 Å². The summed E-state index contributed by atoms with van der Waals surface area (Å²) in [4.78, 5) is 0. The molecule has 18 heavy (non-hydrogen) atoms. The van der Waals surface area contributed by atoms with Gasteiger partial charge in [0.25, 0.3) is 0 Å². The smallest absolute Gasteiger partial charge is 0.0839 e. The normalized spacial score (nSPS) is 45.8. The Balaban J connectivity index is 1.55. The zero-order valence-electron chi connectivity index (χ0n) is 12.6. The van der Waals surface area contributed by atoms with Gasteiger partial charge in [0.05, 0.1) is 54.4 Å². The largest absolute Gasteiger partial charge is 0.331 e. The first-order valence-corrected chi connectivity index (χ1v) is 7.69. The lowest BCUT2D eigenvalue weighted by Crippen LogP contribution is -2.46. The molecule has 4 atom stereocenters. The molecular formula is C16H30N2+2. The van der Waals surface area contributed by atoms with Crippen molar-refractivity contribution >= 4 is 0 Å². The quantitative estimate of drug-likeness (QED) is 0.529. The van der Waals surface area contributed by atoms with Gasteiger partial charge < -0.3 is 8.97 Å². The molecule has 0 radical (unpaired) electrons. The molecule has 0 aromatic rings. The van der Waals surface area contributed by atoms with E-state index in [2.05, 4.69) is 40.3 Å². The van der Waals surface area contributed by atoms with Crippen LogP contribution in [0.15, 0.2) is 12.2 Å². The topological polar surface area (TPSA) is 0 Å². The van der Waals surface area contributed by atoms with Crippen LogP contribution in [0, 0.1) is 23.7 Å². The molecule has 0 N–H and O–H groups in total. The fraction of sp³-hybridized carbons (Fsp3) is 0.875. The lowest BCUT2D eigenvalue weighted by molar-refractivity contribution is -0.910.